The zero-order valence-corrected chi connectivity index (χ0v) is 16.2. The maximum absolute atomic E-state index is 12.7. The molecule has 1 amide bonds. The van der Waals surface area contributed by atoms with E-state index in [1.54, 1.807) is 24.4 Å². The Kier molecular flexibility index (Phi) is 5.39. The number of rotatable bonds is 5. The van der Waals surface area contributed by atoms with Gasteiger partial charge in [0, 0.05) is 12.7 Å². The van der Waals surface area contributed by atoms with Gasteiger partial charge in [-0.1, -0.05) is 19.1 Å². The molecule has 1 fully saturated rings. The van der Waals surface area contributed by atoms with Crippen molar-refractivity contribution in [3.8, 4) is 0 Å². The highest BCUT2D eigenvalue weighted by molar-refractivity contribution is 5.94. The van der Waals surface area contributed by atoms with Gasteiger partial charge >= 0.3 is 0 Å². The Hall–Kier alpha value is -2.73. The molecular formula is C22H26N4O2. The van der Waals surface area contributed by atoms with Gasteiger partial charge in [0.1, 0.15) is 5.65 Å². The molecule has 6 nitrogen and oxygen atoms in total. The van der Waals surface area contributed by atoms with Crippen LogP contribution in [0.15, 0.2) is 47.4 Å². The summed E-state index contributed by atoms with van der Waals surface area (Å²) < 4.78 is 1.45. The van der Waals surface area contributed by atoms with Crippen LogP contribution in [0.2, 0.25) is 0 Å². The van der Waals surface area contributed by atoms with Crippen molar-refractivity contribution >= 4 is 22.5 Å². The number of pyridine rings is 1. The molecular weight excluding hydrogens is 352 g/mol. The quantitative estimate of drug-likeness (QED) is 0.548. The second kappa shape index (κ2) is 8.10. The summed E-state index contributed by atoms with van der Waals surface area (Å²) >= 11 is 0. The van der Waals surface area contributed by atoms with E-state index in [0.717, 1.165) is 32.0 Å². The van der Waals surface area contributed by atoms with Crippen molar-refractivity contribution in [3.63, 3.8) is 0 Å². The second-order valence-corrected chi connectivity index (χ2v) is 7.71. The first-order valence-corrected chi connectivity index (χ1v) is 10.0. The van der Waals surface area contributed by atoms with E-state index in [-0.39, 0.29) is 11.5 Å². The fourth-order valence-corrected chi connectivity index (χ4v) is 3.78. The minimum Gasteiger partial charge on any atom is -0.352 e. The van der Waals surface area contributed by atoms with Crippen molar-refractivity contribution in [1.29, 1.82) is 0 Å². The molecule has 2 aromatic heterocycles. The minimum absolute atomic E-state index is 0.158. The molecule has 3 heterocycles. The molecule has 0 unspecified atom stereocenters. The Morgan fingerprint density at radius 3 is 2.79 bits per heavy atom. The van der Waals surface area contributed by atoms with E-state index in [9.17, 15) is 9.59 Å². The molecule has 146 valence electrons. The third-order valence-electron chi connectivity index (χ3n) is 5.59. The molecule has 28 heavy (non-hydrogen) atoms. The summed E-state index contributed by atoms with van der Waals surface area (Å²) in [6, 6.07) is 10.7. The van der Waals surface area contributed by atoms with E-state index in [4.69, 9.17) is 0 Å². The van der Waals surface area contributed by atoms with E-state index in [1.807, 2.05) is 18.2 Å². The molecule has 0 bridgehead atoms. The molecule has 1 N–H and O–H groups in total. The van der Waals surface area contributed by atoms with Crippen molar-refractivity contribution < 1.29 is 4.79 Å². The number of hydrogen-bond acceptors (Lipinski definition) is 4. The van der Waals surface area contributed by atoms with Crippen LogP contribution in [0.4, 0.5) is 0 Å². The van der Waals surface area contributed by atoms with Crippen LogP contribution in [0.5, 0.6) is 0 Å². The van der Waals surface area contributed by atoms with E-state index < -0.39 is 0 Å². The molecule has 3 aromatic rings. The Morgan fingerprint density at radius 1 is 1.18 bits per heavy atom. The molecule has 0 radical (unpaired) electrons. The fourth-order valence-electron chi connectivity index (χ4n) is 3.78. The molecule has 1 aliphatic heterocycles. The van der Waals surface area contributed by atoms with Crippen molar-refractivity contribution in [2.75, 3.05) is 26.2 Å². The van der Waals surface area contributed by atoms with E-state index in [1.165, 1.54) is 17.2 Å². The number of carbonyl (C=O) groups excluding carboxylic acids is 1. The van der Waals surface area contributed by atoms with Gasteiger partial charge in [-0.05, 0) is 69.1 Å². The highest BCUT2D eigenvalue weighted by atomic mass is 16.1. The predicted molar refractivity (Wildman–Crippen MR) is 111 cm³/mol. The van der Waals surface area contributed by atoms with Gasteiger partial charge in [0.2, 0.25) is 0 Å². The third kappa shape index (κ3) is 3.92. The van der Waals surface area contributed by atoms with Crippen molar-refractivity contribution in [2.24, 2.45) is 5.92 Å². The number of benzene rings is 1. The van der Waals surface area contributed by atoms with E-state index >= 15 is 0 Å². The van der Waals surface area contributed by atoms with Crippen molar-refractivity contribution in [3.05, 3.63) is 58.5 Å². The molecule has 6 heteroatoms. The normalized spacial score (nSPS) is 15.9. The standard InChI is InChI=1S/C22H26N4O2/c1-16-9-13-25(14-10-16)12-4-11-23-21(27)17-7-8-20-24-19-6-3-2-5-18(19)22(28)26(20)15-17/h2-3,5-8,15-16H,4,9-14H2,1H3,(H,23,27). The summed E-state index contributed by atoms with van der Waals surface area (Å²) in [7, 11) is 0. The van der Waals surface area contributed by atoms with Crippen LogP contribution in [0, 0.1) is 5.92 Å². The van der Waals surface area contributed by atoms with Gasteiger partial charge < -0.3 is 10.2 Å². The fraction of sp³-hybridized carbons (Fsp3) is 0.409. The summed E-state index contributed by atoms with van der Waals surface area (Å²) in [5.41, 5.74) is 1.52. The number of carbonyl (C=O) groups is 1. The molecule has 1 saturated heterocycles. The number of piperidine rings is 1. The van der Waals surface area contributed by atoms with Crippen LogP contribution in [-0.4, -0.2) is 46.4 Å². The van der Waals surface area contributed by atoms with Gasteiger partial charge in [-0.15, -0.1) is 0 Å². The van der Waals surface area contributed by atoms with Crippen LogP contribution < -0.4 is 10.9 Å². The Morgan fingerprint density at radius 2 is 1.96 bits per heavy atom. The number of likely N-dealkylation sites (tertiary alicyclic amines) is 1. The number of para-hydroxylation sites is 1. The Bertz CT molecular complexity index is 1050. The maximum atomic E-state index is 12.7. The zero-order valence-electron chi connectivity index (χ0n) is 16.2. The zero-order chi connectivity index (χ0) is 19.5. The molecule has 1 aromatic carbocycles. The lowest BCUT2D eigenvalue weighted by Crippen LogP contribution is -2.35. The van der Waals surface area contributed by atoms with Gasteiger partial charge in [-0.2, -0.15) is 0 Å². The number of aromatic nitrogens is 2. The number of nitrogens with zero attached hydrogens (tertiary/aromatic N) is 3. The largest absolute Gasteiger partial charge is 0.352 e. The summed E-state index contributed by atoms with van der Waals surface area (Å²) in [4.78, 5) is 32.2. The van der Waals surface area contributed by atoms with Gasteiger partial charge in [-0.25, -0.2) is 4.98 Å². The second-order valence-electron chi connectivity index (χ2n) is 7.71. The first-order valence-electron chi connectivity index (χ1n) is 10.0. The van der Waals surface area contributed by atoms with Crippen LogP contribution in [-0.2, 0) is 0 Å². The maximum Gasteiger partial charge on any atom is 0.265 e. The topological polar surface area (TPSA) is 66.7 Å². The lowest BCUT2D eigenvalue weighted by molar-refractivity contribution is 0.0950. The molecule has 0 aliphatic carbocycles. The third-order valence-corrected chi connectivity index (χ3v) is 5.59. The van der Waals surface area contributed by atoms with Gasteiger partial charge in [0.05, 0.1) is 16.5 Å². The lowest BCUT2D eigenvalue weighted by Gasteiger charge is -2.30. The summed E-state index contributed by atoms with van der Waals surface area (Å²) in [5, 5.41) is 3.52. The summed E-state index contributed by atoms with van der Waals surface area (Å²) in [6.07, 6.45) is 5.04. The number of hydrogen-bond donors (Lipinski definition) is 1. The van der Waals surface area contributed by atoms with Gasteiger partial charge in [0.15, 0.2) is 0 Å². The smallest absolute Gasteiger partial charge is 0.265 e. The summed E-state index contributed by atoms with van der Waals surface area (Å²) in [5.74, 6) is 0.674. The van der Waals surface area contributed by atoms with Crippen molar-refractivity contribution in [1.82, 2.24) is 19.6 Å². The minimum atomic E-state index is -0.158. The molecule has 0 spiro atoms. The molecule has 1 aliphatic rings. The highest BCUT2D eigenvalue weighted by Crippen LogP contribution is 2.15. The first-order chi connectivity index (χ1) is 13.6. The Balaban J connectivity index is 1.41. The van der Waals surface area contributed by atoms with Crippen LogP contribution in [0.3, 0.4) is 0 Å². The Labute approximate surface area is 164 Å². The number of fused-ring (bicyclic) bond motifs is 2. The van der Waals surface area contributed by atoms with Crippen LogP contribution in [0.1, 0.15) is 36.5 Å². The average Bonchev–Trinajstić information content (AvgIpc) is 2.72. The molecule has 0 atom stereocenters. The monoisotopic (exact) mass is 378 g/mol. The number of nitrogens with one attached hydrogen (secondary N) is 1. The van der Waals surface area contributed by atoms with E-state index in [2.05, 4.69) is 22.1 Å². The van der Waals surface area contributed by atoms with Gasteiger partial charge in [0.25, 0.3) is 11.5 Å². The van der Waals surface area contributed by atoms with Gasteiger partial charge in [-0.3, -0.25) is 14.0 Å². The van der Waals surface area contributed by atoms with Crippen LogP contribution in [0.25, 0.3) is 16.6 Å². The average molecular weight is 378 g/mol. The highest BCUT2D eigenvalue weighted by Gasteiger charge is 2.15. The van der Waals surface area contributed by atoms with Crippen molar-refractivity contribution in [2.45, 2.75) is 26.2 Å². The first kappa shape index (κ1) is 18.6. The van der Waals surface area contributed by atoms with Crippen LogP contribution >= 0.6 is 0 Å². The lowest BCUT2D eigenvalue weighted by atomic mass is 9.99. The molecule has 0 saturated carbocycles. The molecule has 4 rings (SSSR count). The predicted octanol–water partition coefficient (Wildman–Crippen LogP) is 2.70. The van der Waals surface area contributed by atoms with E-state index in [0.29, 0.717) is 28.7 Å². The number of amides is 1. The SMILES string of the molecule is CC1CCN(CCCNC(=O)c2ccc3nc4ccccc4c(=O)n3c2)CC1. The summed E-state index contributed by atoms with van der Waals surface area (Å²) in [6.45, 7) is 6.27.